The molecule has 0 fully saturated rings. The Morgan fingerprint density at radius 3 is 2.38 bits per heavy atom. The van der Waals surface area contributed by atoms with Crippen molar-refractivity contribution in [3.63, 3.8) is 0 Å². The smallest absolute Gasteiger partial charge is 0.403 e. The molecular weight excluding hydrogens is 428 g/mol. The van der Waals surface area contributed by atoms with Crippen LogP contribution in [0.4, 0.5) is 17.6 Å². The van der Waals surface area contributed by atoms with E-state index in [1.54, 1.807) is 44.2 Å². The molecule has 0 amide bonds. The average molecular weight is 448 g/mol. The molecule has 32 heavy (non-hydrogen) atoms. The fraction of sp³-hybridized carbons (Fsp3) is 0.261. The van der Waals surface area contributed by atoms with Crippen molar-refractivity contribution in [3.8, 4) is 17.1 Å². The Bertz CT molecular complexity index is 1160. The summed E-state index contributed by atoms with van der Waals surface area (Å²) in [4.78, 5) is 31.8. The lowest BCUT2D eigenvalue weighted by molar-refractivity contribution is -0.275. The van der Waals surface area contributed by atoms with Gasteiger partial charge in [-0.2, -0.15) is 0 Å². The van der Waals surface area contributed by atoms with Crippen molar-refractivity contribution >= 4 is 5.78 Å². The second-order valence-electron chi connectivity index (χ2n) is 7.56. The number of hydrogen-bond acceptors (Lipinski definition) is 4. The maximum Gasteiger partial charge on any atom is 0.573 e. The summed E-state index contributed by atoms with van der Waals surface area (Å²) < 4.78 is 55.0. The molecule has 168 valence electrons. The fourth-order valence-corrected chi connectivity index (χ4v) is 3.33. The highest BCUT2D eigenvalue weighted by Gasteiger charge is 2.33. The summed E-state index contributed by atoms with van der Waals surface area (Å²) >= 11 is 0. The van der Waals surface area contributed by atoms with E-state index >= 15 is 0 Å². The summed E-state index contributed by atoms with van der Waals surface area (Å²) in [6, 6.07) is 13.0. The lowest BCUT2D eigenvalue weighted by Gasteiger charge is -2.21. The molecule has 5 nitrogen and oxygen atoms in total. The molecule has 0 saturated heterocycles. The molecule has 0 spiro atoms. The third kappa shape index (κ3) is 5.81. The minimum atomic E-state index is -5.02. The van der Waals surface area contributed by atoms with Crippen molar-refractivity contribution in [1.29, 1.82) is 0 Å². The van der Waals surface area contributed by atoms with Gasteiger partial charge in [0.25, 0.3) is 5.56 Å². The fourth-order valence-electron chi connectivity index (χ4n) is 3.33. The molecule has 3 rings (SSSR count). The molecule has 1 N–H and O–H groups in total. The van der Waals surface area contributed by atoms with Gasteiger partial charge in [0.2, 0.25) is 0 Å². The summed E-state index contributed by atoms with van der Waals surface area (Å²) in [6.45, 7) is 3.60. The van der Waals surface area contributed by atoms with Crippen LogP contribution in [0.3, 0.4) is 0 Å². The first-order chi connectivity index (χ1) is 15.0. The van der Waals surface area contributed by atoms with Gasteiger partial charge in [-0.15, -0.1) is 13.2 Å². The standard InChI is InChI=1S/C23H20F4N2O3/c1-13(2)16(15-8-9-20(17(24)10-15)32-23(25,26)27)11-19(30)18-12-21(31)29-22(28-18)14-6-4-3-5-7-14/h3-10,12-13,16H,11H2,1-2H3,(H,28,29,31)/t16-/m1/s1. The number of halogens is 4. The first-order valence-corrected chi connectivity index (χ1v) is 9.78. The minimum absolute atomic E-state index is 0.0456. The Hall–Kier alpha value is -3.49. The average Bonchev–Trinajstić information content (AvgIpc) is 2.72. The number of benzene rings is 2. The third-order valence-electron chi connectivity index (χ3n) is 4.89. The van der Waals surface area contributed by atoms with Gasteiger partial charge < -0.3 is 9.72 Å². The molecule has 0 aliphatic carbocycles. The first-order valence-electron chi connectivity index (χ1n) is 9.78. The van der Waals surface area contributed by atoms with Crippen LogP contribution in [-0.4, -0.2) is 22.1 Å². The number of ether oxygens (including phenoxy) is 1. The number of Topliss-reactive ketones (excluding diaryl/α,β-unsaturated/α-hetero) is 1. The van der Waals surface area contributed by atoms with Gasteiger partial charge in [0.05, 0.1) is 0 Å². The van der Waals surface area contributed by atoms with Crippen LogP contribution in [0.2, 0.25) is 0 Å². The number of aromatic nitrogens is 2. The predicted molar refractivity (Wildman–Crippen MR) is 110 cm³/mol. The van der Waals surface area contributed by atoms with Crippen LogP contribution in [0, 0.1) is 11.7 Å². The number of alkyl halides is 3. The Morgan fingerprint density at radius 2 is 1.78 bits per heavy atom. The number of carbonyl (C=O) groups excluding carboxylic acids is 1. The van der Waals surface area contributed by atoms with Crippen molar-refractivity contribution in [3.05, 3.63) is 82.0 Å². The van der Waals surface area contributed by atoms with Crippen molar-refractivity contribution in [2.24, 2.45) is 5.92 Å². The maximum absolute atomic E-state index is 14.2. The predicted octanol–water partition coefficient (Wildman–Crippen LogP) is 5.49. The first kappa shape index (κ1) is 23.2. The quantitative estimate of drug-likeness (QED) is 0.383. The number of H-pyrrole nitrogens is 1. The van der Waals surface area contributed by atoms with Crippen molar-refractivity contribution in [2.75, 3.05) is 0 Å². The highest BCUT2D eigenvalue weighted by molar-refractivity contribution is 5.95. The maximum atomic E-state index is 14.2. The number of rotatable bonds is 7. The van der Waals surface area contributed by atoms with Crippen molar-refractivity contribution in [2.45, 2.75) is 32.5 Å². The second kappa shape index (κ2) is 9.33. The second-order valence-corrected chi connectivity index (χ2v) is 7.56. The van der Waals surface area contributed by atoms with Gasteiger partial charge in [-0.3, -0.25) is 9.59 Å². The van der Waals surface area contributed by atoms with Crippen LogP contribution in [0.25, 0.3) is 11.4 Å². The van der Waals surface area contributed by atoms with E-state index in [1.807, 2.05) is 0 Å². The highest BCUT2D eigenvalue weighted by atomic mass is 19.4. The summed E-state index contributed by atoms with van der Waals surface area (Å²) in [5.74, 6) is -3.00. The highest BCUT2D eigenvalue weighted by Crippen LogP contribution is 2.33. The number of nitrogens with zero attached hydrogens (tertiary/aromatic N) is 1. The van der Waals surface area contributed by atoms with Crippen LogP contribution < -0.4 is 10.3 Å². The monoisotopic (exact) mass is 448 g/mol. The van der Waals surface area contributed by atoms with Gasteiger partial charge in [0, 0.05) is 18.1 Å². The van der Waals surface area contributed by atoms with Crippen LogP contribution in [0.1, 0.15) is 42.2 Å². The molecule has 0 bridgehead atoms. The molecule has 0 saturated carbocycles. The zero-order valence-corrected chi connectivity index (χ0v) is 17.2. The molecule has 1 aromatic heterocycles. The molecule has 1 heterocycles. The van der Waals surface area contributed by atoms with E-state index < -0.39 is 35.2 Å². The van der Waals surface area contributed by atoms with Gasteiger partial charge >= 0.3 is 6.36 Å². The van der Waals surface area contributed by atoms with Crippen molar-refractivity contribution in [1.82, 2.24) is 9.97 Å². The van der Waals surface area contributed by atoms with Gasteiger partial charge in [-0.25, -0.2) is 9.37 Å². The van der Waals surface area contributed by atoms with E-state index in [2.05, 4.69) is 14.7 Å². The number of aromatic amines is 1. The topological polar surface area (TPSA) is 72.0 Å². The van der Waals surface area contributed by atoms with Gasteiger partial charge in [-0.1, -0.05) is 50.2 Å². The van der Waals surface area contributed by atoms with Crippen LogP contribution in [0.15, 0.2) is 59.4 Å². The summed E-state index contributed by atoms with van der Waals surface area (Å²) in [5.41, 5.74) is 0.425. The molecule has 0 unspecified atom stereocenters. The molecule has 3 aromatic rings. The zero-order valence-electron chi connectivity index (χ0n) is 17.2. The third-order valence-corrected chi connectivity index (χ3v) is 4.89. The van der Waals surface area contributed by atoms with Gasteiger partial charge in [-0.05, 0) is 29.5 Å². The van der Waals surface area contributed by atoms with Crippen LogP contribution in [-0.2, 0) is 0 Å². The van der Waals surface area contributed by atoms with E-state index in [0.29, 0.717) is 11.1 Å². The molecule has 0 aliphatic rings. The van der Waals surface area contributed by atoms with E-state index in [-0.39, 0.29) is 23.9 Å². The SMILES string of the molecule is CC(C)[C@@H](CC(=O)c1cc(=O)[nH]c(-c2ccccc2)n1)c1ccc(OC(F)(F)F)c(F)c1. The summed E-state index contributed by atoms with van der Waals surface area (Å²) in [7, 11) is 0. The lowest BCUT2D eigenvalue weighted by atomic mass is 9.84. The zero-order chi connectivity index (χ0) is 23.5. The van der Waals surface area contributed by atoms with E-state index in [4.69, 9.17) is 0 Å². The summed E-state index contributed by atoms with van der Waals surface area (Å²) in [6.07, 6.45) is -5.13. The number of ketones is 1. The van der Waals surface area contributed by atoms with Crippen LogP contribution in [0.5, 0.6) is 5.75 Å². The normalized spacial score (nSPS) is 12.6. The number of hydrogen-bond donors (Lipinski definition) is 1. The lowest BCUT2D eigenvalue weighted by Crippen LogP contribution is -2.19. The number of nitrogens with one attached hydrogen (secondary N) is 1. The molecule has 0 radical (unpaired) electrons. The molecule has 9 heteroatoms. The Kier molecular flexibility index (Phi) is 6.76. The molecule has 2 aromatic carbocycles. The molecule has 0 aliphatic heterocycles. The van der Waals surface area contributed by atoms with E-state index in [0.717, 1.165) is 18.2 Å². The van der Waals surface area contributed by atoms with Gasteiger partial charge in [0.1, 0.15) is 11.5 Å². The molecular formula is C23H20F4N2O3. The van der Waals surface area contributed by atoms with Crippen LogP contribution >= 0.6 is 0 Å². The minimum Gasteiger partial charge on any atom is -0.403 e. The number of carbonyl (C=O) groups is 1. The van der Waals surface area contributed by atoms with E-state index in [9.17, 15) is 27.2 Å². The van der Waals surface area contributed by atoms with Crippen molar-refractivity contribution < 1.29 is 27.1 Å². The molecule has 1 atom stereocenters. The van der Waals surface area contributed by atoms with Gasteiger partial charge in [0.15, 0.2) is 17.3 Å². The van der Waals surface area contributed by atoms with E-state index in [1.165, 1.54) is 6.07 Å². The Balaban J connectivity index is 1.87. The largest absolute Gasteiger partial charge is 0.573 e. The summed E-state index contributed by atoms with van der Waals surface area (Å²) in [5, 5.41) is 0. The Morgan fingerprint density at radius 1 is 1.09 bits per heavy atom. The Labute approximate surface area is 181 Å².